The van der Waals surface area contributed by atoms with Crippen LogP contribution in [-0.2, 0) is 164 Å². The van der Waals surface area contributed by atoms with Crippen molar-refractivity contribution in [2.45, 2.75) is 73.4 Å². The summed E-state index contributed by atoms with van der Waals surface area (Å²) in [5, 5.41) is 0.561. The van der Waals surface area contributed by atoms with Crippen LogP contribution in [0, 0.1) is 19.7 Å². The highest BCUT2D eigenvalue weighted by Gasteiger charge is 2.36. The number of nitrogens with zero attached hydrogens (tertiary/aromatic N) is 12. The summed E-state index contributed by atoms with van der Waals surface area (Å²) in [5.41, 5.74) is 29.3. The fraction of sp³-hybridized carbons (Fsp3) is 0.242. The Morgan fingerprint density at radius 2 is 0.651 bits per heavy atom. The van der Waals surface area contributed by atoms with E-state index in [1.165, 1.54) is 55.8 Å². The van der Waals surface area contributed by atoms with Gasteiger partial charge in [-0.3, -0.25) is 75.5 Å². The first-order valence-corrected chi connectivity index (χ1v) is 52.3. The quantitative estimate of drug-likeness (QED) is 0.0130. The topological polar surface area (TPSA) is 611 Å². The lowest BCUT2D eigenvalue weighted by atomic mass is 10.1. The SMILES string of the molecule is C=C1OC(C)=C(COP(=O)(COCCn2cnc3c(=O)[nH]c(N)nc32)OCc2ccc(C)cc2)O1.C=C1OC(COP(=O)(COCCn2cnc3c(=O)[nH]c(N)nc32)OCc2ccccc2)=C(c2ccc(Cl)cc2)O1.C=C1OC(COP(=O)(COCCn2cnc3c(=O)[nH]c(N)nc32)OCc2ccccc2)=C(c2ccc(F)cc2)O1.C=C1OC=C(COP(=O)(COCCn2cnc3c(=O)[nH]c(N)nc32)OCc2ccc(C)cc2)O1. The lowest BCUT2D eigenvalue weighted by molar-refractivity contribution is 0.114. The number of fused-ring (bicyclic) bond motifs is 4. The Balaban J connectivity index is 0.000000149. The third kappa shape index (κ3) is 30.4. The largest absolute Gasteiger partial charge is 0.431 e. The molecule has 0 spiro atoms. The molecule has 18 rings (SSSR count). The number of nitrogen functional groups attached to an aromatic ring is 4. The van der Waals surface area contributed by atoms with Crippen LogP contribution in [0.4, 0.5) is 28.2 Å². The Hall–Kier alpha value is -15.1. The van der Waals surface area contributed by atoms with E-state index in [-0.39, 0.29) is 218 Å². The summed E-state index contributed by atoms with van der Waals surface area (Å²) in [5.74, 6) is 1.98. The van der Waals surface area contributed by atoms with Gasteiger partial charge in [0, 0.05) is 42.3 Å². The van der Waals surface area contributed by atoms with Crippen LogP contribution in [0.2, 0.25) is 5.02 Å². The highest BCUT2D eigenvalue weighted by atomic mass is 35.5. The second-order valence-corrected chi connectivity index (χ2v) is 40.8. The second-order valence-electron chi connectivity index (χ2n) is 32.4. The van der Waals surface area contributed by atoms with Gasteiger partial charge in [0.2, 0.25) is 23.8 Å². The van der Waals surface area contributed by atoms with Crippen molar-refractivity contribution in [3.8, 4) is 0 Å². The fourth-order valence-corrected chi connectivity index (χ4v) is 18.8. The molecule has 0 aliphatic carbocycles. The lowest BCUT2D eigenvalue weighted by Crippen LogP contribution is -2.13. The smallest absolute Gasteiger partial charge is 0.356 e. The first-order chi connectivity index (χ1) is 71.6. The van der Waals surface area contributed by atoms with Crippen LogP contribution in [0.5, 0.6) is 0 Å². The third-order valence-corrected chi connectivity index (χ3v) is 27.6. The van der Waals surface area contributed by atoms with Gasteiger partial charge < -0.3 is 116 Å². The van der Waals surface area contributed by atoms with Gasteiger partial charge in [-0.2, -0.15) is 19.9 Å². The second kappa shape index (κ2) is 50.1. The number of benzene rings is 6. The Morgan fingerprint density at radius 1 is 0.356 bits per heavy atom. The normalized spacial score (nSPS) is 15.0. The van der Waals surface area contributed by atoms with Crippen LogP contribution in [0.3, 0.4) is 0 Å². The van der Waals surface area contributed by atoms with Gasteiger partial charge in [0.05, 0.1) is 78.2 Å². The molecule has 0 fully saturated rings. The van der Waals surface area contributed by atoms with Gasteiger partial charge in [-0.1, -0.05) is 132 Å². The molecule has 0 bridgehead atoms. The molecular weight excluding hydrogens is 2050 g/mol. The van der Waals surface area contributed by atoms with Gasteiger partial charge >= 0.3 is 30.4 Å². The summed E-state index contributed by atoms with van der Waals surface area (Å²) >= 11 is 6.00. The number of anilines is 4. The zero-order valence-corrected chi connectivity index (χ0v) is 84.4. The molecule has 4 aliphatic heterocycles. The molecule has 0 amide bonds. The van der Waals surface area contributed by atoms with E-state index in [0.29, 0.717) is 61.8 Å². The molecule has 12 heterocycles. The predicted octanol–water partition coefficient (Wildman–Crippen LogP) is 14.7. The molecule has 8 aromatic heterocycles. The number of aromatic amines is 4. The number of imidazole rings is 4. The predicted molar refractivity (Wildman–Crippen MR) is 540 cm³/mol. The number of rotatable bonds is 46. The number of H-pyrrole nitrogens is 4. The van der Waals surface area contributed by atoms with E-state index >= 15 is 0 Å². The van der Waals surface area contributed by atoms with Gasteiger partial charge in [-0.05, 0) is 118 Å². The van der Waals surface area contributed by atoms with Crippen molar-refractivity contribution in [2.75, 3.05) is 101 Å². The number of hydrogen-bond donors (Lipinski definition) is 8. The molecule has 4 aliphatic rings. The third-order valence-electron chi connectivity index (χ3n) is 21.2. The van der Waals surface area contributed by atoms with E-state index < -0.39 is 58.4 Å². The van der Waals surface area contributed by atoms with Crippen molar-refractivity contribution in [3.63, 3.8) is 0 Å². The van der Waals surface area contributed by atoms with Gasteiger partial charge in [-0.15, -0.1) is 0 Å². The Bertz CT molecular complexity index is 7550. The number of hydrogen-bond acceptors (Lipinski definition) is 40. The number of allylic oxidation sites excluding steroid dienone is 1. The molecule has 12 N–H and O–H groups in total. The number of aromatic nitrogens is 16. The molecule has 54 heteroatoms. The number of ether oxygens (including phenoxy) is 12. The maximum atomic E-state index is 13.8. The van der Waals surface area contributed by atoms with Crippen molar-refractivity contribution in [1.82, 2.24) is 78.1 Å². The molecule has 149 heavy (non-hydrogen) atoms. The molecule has 0 radical (unpaired) electrons. The monoisotopic (exact) mass is 2150 g/mol. The fourth-order valence-electron chi connectivity index (χ4n) is 13.7. The summed E-state index contributed by atoms with van der Waals surface area (Å²) in [6, 6.07) is 46.2. The van der Waals surface area contributed by atoms with Crippen molar-refractivity contribution in [2.24, 2.45) is 0 Å². The molecule has 0 saturated heterocycles. The number of aryl methyl sites for hydroxylation is 2. The van der Waals surface area contributed by atoms with Crippen LogP contribution >= 0.6 is 42.0 Å². The standard InChI is InChI=1S/C26H25ClN5O7P.C26H25FN5O7P.C22H26N5O7P.C21H24N5O7P/c2*1-17-38-21(23(39-17)19-7-9-20(27)10-8-19)14-37-40(34,36-13-18-5-3-2-4-6-18)16-35-12-11-32-15-29-22-24(32)30-26(28)31-25(22)33;1-14-4-6-17(7-5-14)10-31-35(29,32-11-18-15(2)33-16(3)34-18)13-30-9-8-27-12-24-19-20(27)25-22(23)26-21(19)28;1-14-3-5-16(6-4-14)9-31-34(28,32-11-17-10-30-15(2)33-17)13-29-8-7-26-12-23-18-19(26)24-21(22)25-20(18)27/h2*2-10,15H,1,11-14,16H2,(H3,28,30,31,33);4-7,12H,3,8-11,13H2,1-2H3,(H3,23,25,26,28);3-6,10,12H,2,7-9,11,13H2,1H3,(H3,22,24,25,27). The van der Waals surface area contributed by atoms with Gasteiger partial charge in [0.25, 0.3) is 46.0 Å². The average molecular weight is 2150 g/mol. The van der Waals surface area contributed by atoms with Gasteiger partial charge in [-0.25, -0.2) is 24.3 Å². The minimum absolute atomic E-state index is 0.00477. The molecule has 782 valence electrons. The molecule has 14 aromatic rings. The number of nitrogens with one attached hydrogen (secondary N) is 4. The van der Waals surface area contributed by atoms with Crippen LogP contribution in [-0.4, -0.2) is 156 Å². The average Bonchev–Trinajstić information content (AvgIpc) is 1.65. The minimum atomic E-state index is -3.85. The van der Waals surface area contributed by atoms with E-state index in [1.54, 1.807) is 49.5 Å². The number of halogens is 2. The van der Waals surface area contributed by atoms with Gasteiger partial charge in [0.1, 0.15) is 69.7 Å². The van der Waals surface area contributed by atoms with Crippen molar-refractivity contribution in [1.29, 1.82) is 0 Å². The first kappa shape index (κ1) is 108. The molecule has 48 nitrogen and oxygen atoms in total. The molecule has 4 atom stereocenters. The lowest BCUT2D eigenvalue weighted by Gasteiger charge is -2.19. The Kier molecular flexibility index (Phi) is 36.3. The summed E-state index contributed by atoms with van der Waals surface area (Å²) in [6.45, 7) is 21.0. The zero-order valence-electron chi connectivity index (χ0n) is 80.0. The molecular formula is C95H100ClFN20O28P4. The van der Waals surface area contributed by atoms with E-state index in [1.807, 2.05) is 123 Å². The summed E-state index contributed by atoms with van der Waals surface area (Å²) in [7, 11) is -15.0. The Labute approximate surface area is 850 Å². The van der Waals surface area contributed by atoms with E-state index in [2.05, 4.69) is 86.1 Å². The van der Waals surface area contributed by atoms with Crippen LogP contribution < -0.4 is 45.2 Å². The molecule has 4 unspecified atom stereocenters. The van der Waals surface area contributed by atoms with Crippen LogP contribution in [0.25, 0.3) is 56.2 Å². The minimum Gasteiger partial charge on any atom is -0.431 e. The molecule has 6 aromatic carbocycles. The zero-order chi connectivity index (χ0) is 105. The summed E-state index contributed by atoms with van der Waals surface area (Å²) < 4.78 is 185. The highest BCUT2D eigenvalue weighted by Crippen LogP contribution is 2.54. The van der Waals surface area contributed by atoms with E-state index in [0.717, 1.165) is 33.4 Å². The highest BCUT2D eigenvalue weighted by molar-refractivity contribution is 7.54. The van der Waals surface area contributed by atoms with Crippen molar-refractivity contribution >= 4 is 122 Å². The van der Waals surface area contributed by atoms with Crippen molar-refractivity contribution in [3.05, 3.63) is 365 Å². The first-order valence-electron chi connectivity index (χ1n) is 45.0. The Morgan fingerprint density at radius 3 is 0.966 bits per heavy atom. The van der Waals surface area contributed by atoms with E-state index in [4.69, 9.17) is 128 Å². The maximum absolute atomic E-state index is 13.8. The summed E-state index contributed by atoms with van der Waals surface area (Å²) in [6.07, 6.45) is 5.76. The maximum Gasteiger partial charge on any atom is 0.356 e. The van der Waals surface area contributed by atoms with Gasteiger partial charge in [0.15, 0.2) is 79.2 Å². The van der Waals surface area contributed by atoms with E-state index in [9.17, 15) is 41.8 Å². The number of nitrogens with two attached hydrogens (primary N) is 4. The van der Waals surface area contributed by atoms with Crippen LogP contribution in [0.1, 0.15) is 51.4 Å². The summed E-state index contributed by atoms with van der Waals surface area (Å²) in [4.78, 5) is 90.0. The molecule has 0 saturated carbocycles. The van der Waals surface area contributed by atoms with Crippen molar-refractivity contribution < 1.29 is 116 Å². The van der Waals surface area contributed by atoms with Crippen LogP contribution in [0.15, 0.2) is 287 Å².